The second kappa shape index (κ2) is 6.51. The number of rotatable bonds is 5. The average Bonchev–Trinajstić information content (AvgIpc) is 2.48. The van der Waals surface area contributed by atoms with Crippen LogP contribution in [0.4, 0.5) is 11.4 Å². The molecular weight excluding hydrogens is 270 g/mol. The highest BCUT2D eigenvalue weighted by Crippen LogP contribution is 2.13. The second-order valence-corrected chi connectivity index (χ2v) is 4.62. The van der Waals surface area contributed by atoms with Crippen LogP contribution in [0.2, 0.25) is 0 Å². The van der Waals surface area contributed by atoms with Gasteiger partial charge in [0.2, 0.25) is 5.91 Å². The molecule has 0 aliphatic rings. The van der Waals surface area contributed by atoms with Crippen LogP contribution in [0.15, 0.2) is 48.5 Å². The molecule has 0 saturated carbocycles. The monoisotopic (exact) mass is 285 g/mol. The fourth-order valence-electron chi connectivity index (χ4n) is 1.86. The van der Waals surface area contributed by atoms with E-state index in [-0.39, 0.29) is 24.6 Å². The lowest BCUT2D eigenvalue weighted by Gasteiger charge is -2.06. The molecule has 0 radical (unpaired) electrons. The summed E-state index contributed by atoms with van der Waals surface area (Å²) >= 11 is 0. The number of nitrogens with two attached hydrogens (primary N) is 1. The van der Waals surface area contributed by atoms with Crippen LogP contribution in [0.3, 0.4) is 0 Å². The average molecular weight is 285 g/mol. The highest BCUT2D eigenvalue weighted by molar-refractivity contribution is 5.78. The van der Waals surface area contributed by atoms with E-state index in [4.69, 9.17) is 5.73 Å². The summed E-state index contributed by atoms with van der Waals surface area (Å²) in [5.41, 5.74) is 7.79. The van der Waals surface area contributed by atoms with Crippen molar-refractivity contribution in [2.24, 2.45) is 0 Å². The summed E-state index contributed by atoms with van der Waals surface area (Å²) in [6.07, 6.45) is 0.245. The summed E-state index contributed by atoms with van der Waals surface area (Å²) in [5, 5.41) is 13.4. The summed E-state index contributed by atoms with van der Waals surface area (Å²) in [4.78, 5) is 22.0. The van der Waals surface area contributed by atoms with Crippen LogP contribution in [-0.2, 0) is 17.8 Å². The zero-order chi connectivity index (χ0) is 15.2. The Labute approximate surface area is 121 Å². The zero-order valence-corrected chi connectivity index (χ0v) is 11.3. The Hall–Kier alpha value is -2.89. The molecule has 1 amide bonds. The van der Waals surface area contributed by atoms with Crippen molar-refractivity contribution in [1.82, 2.24) is 5.32 Å². The van der Waals surface area contributed by atoms with Crippen molar-refractivity contribution in [2.45, 2.75) is 13.0 Å². The number of nitrogen functional groups attached to an aromatic ring is 1. The molecule has 0 aromatic heterocycles. The van der Waals surface area contributed by atoms with Crippen molar-refractivity contribution < 1.29 is 9.72 Å². The number of non-ortho nitro benzene ring substituents is 1. The molecule has 2 aromatic rings. The van der Waals surface area contributed by atoms with Gasteiger partial charge in [-0.1, -0.05) is 24.3 Å². The molecule has 0 heterocycles. The summed E-state index contributed by atoms with van der Waals surface area (Å²) in [6.45, 7) is 0.259. The Morgan fingerprint density at radius 1 is 1.14 bits per heavy atom. The molecule has 0 aliphatic heterocycles. The number of benzene rings is 2. The van der Waals surface area contributed by atoms with Gasteiger partial charge in [0.1, 0.15) is 0 Å². The van der Waals surface area contributed by atoms with Crippen LogP contribution >= 0.6 is 0 Å². The minimum absolute atomic E-state index is 0.0142. The van der Waals surface area contributed by atoms with Gasteiger partial charge >= 0.3 is 0 Å². The lowest BCUT2D eigenvalue weighted by atomic mass is 10.1. The molecule has 2 aromatic carbocycles. The fraction of sp³-hybridized carbons (Fsp3) is 0.133. The van der Waals surface area contributed by atoms with E-state index in [1.54, 1.807) is 36.4 Å². The number of carbonyl (C=O) groups is 1. The lowest BCUT2D eigenvalue weighted by molar-refractivity contribution is -0.384. The lowest BCUT2D eigenvalue weighted by Crippen LogP contribution is -2.24. The van der Waals surface area contributed by atoms with Gasteiger partial charge in [-0.15, -0.1) is 0 Å². The summed E-state index contributed by atoms with van der Waals surface area (Å²) in [7, 11) is 0. The Kier molecular flexibility index (Phi) is 4.50. The third-order valence-electron chi connectivity index (χ3n) is 2.96. The molecule has 2 rings (SSSR count). The van der Waals surface area contributed by atoms with E-state index in [0.29, 0.717) is 11.3 Å². The van der Waals surface area contributed by atoms with Crippen molar-refractivity contribution >= 4 is 17.3 Å². The van der Waals surface area contributed by atoms with Crippen LogP contribution in [0.5, 0.6) is 0 Å². The highest BCUT2D eigenvalue weighted by Gasteiger charge is 2.07. The van der Waals surface area contributed by atoms with E-state index in [1.165, 1.54) is 12.1 Å². The van der Waals surface area contributed by atoms with E-state index in [9.17, 15) is 14.9 Å². The highest BCUT2D eigenvalue weighted by atomic mass is 16.6. The minimum atomic E-state index is -0.459. The van der Waals surface area contributed by atoms with Crippen molar-refractivity contribution in [3.05, 3.63) is 69.8 Å². The molecule has 0 fully saturated rings. The van der Waals surface area contributed by atoms with Crippen LogP contribution in [0, 0.1) is 10.1 Å². The van der Waals surface area contributed by atoms with E-state index in [2.05, 4.69) is 5.32 Å². The van der Waals surface area contributed by atoms with Gasteiger partial charge in [-0.2, -0.15) is 0 Å². The molecule has 21 heavy (non-hydrogen) atoms. The second-order valence-electron chi connectivity index (χ2n) is 4.62. The number of nitro benzene ring substituents is 1. The first-order chi connectivity index (χ1) is 10.0. The number of nitrogens with one attached hydrogen (secondary N) is 1. The molecule has 6 nitrogen and oxygen atoms in total. The van der Waals surface area contributed by atoms with Gasteiger partial charge in [-0.3, -0.25) is 14.9 Å². The first-order valence-corrected chi connectivity index (χ1v) is 6.39. The third kappa shape index (κ3) is 4.31. The summed E-state index contributed by atoms with van der Waals surface area (Å²) < 4.78 is 0. The molecule has 6 heteroatoms. The Morgan fingerprint density at radius 3 is 2.52 bits per heavy atom. The molecule has 108 valence electrons. The maximum atomic E-state index is 11.8. The molecular formula is C15H15N3O3. The fourth-order valence-corrected chi connectivity index (χ4v) is 1.86. The van der Waals surface area contributed by atoms with Gasteiger partial charge in [0.05, 0.1) is 11.3 Å². The largest absolute Gasteiger partial charge is 0.399 e. The van der Waals surface area contributed by atoms with Crippen LogP contribution < -0.4 is 11.1 Å². The maximum absolute atomic E-state index is 11.8. The van der Waals surface area contributed by atoms with Crippen molar-refractivity contribution in [3.8, 4) is 0 Å². The number of amides is 1. The van der Waals surface area contributed by atoms with Gasteiger partial charge in [0.15, 0.2) is 0 Å². The number of anilines is 1. The molecule has 0 atom stereocenters. The third-order valence-corrected chi connectivity index (χ3v) is 2.96. The first kappa shape index (κ1) is 14.5. The van der Waals surface area contributed by atoms with Crippen molar-refractivity contribution in [3.63, 3.8) is 0 Å². The van der Waals surface area contributed by atoms with Crippen molar-refractivity contribution in [2.75, 3.05) is 5.73 Å². The Bertz CT molecular complexity index is 653. The molecule has 0 aliphatic carbocycles. The van der Waals surface area contributed by atoms with Crippen molar-refractivity contribution in [1.29, 1.82) is 0 Å². The number of nitrogens with zero attached hydrogens (tertiary/aromatic N) is 1. The van der Waals surface area contributed by atoms with E-state index in [0.717, 1.165) is 5.56 Å². The number of nitro groups is 1. The standard InChI is InChI=1S/C15H15N3O3/c16-13-6-4-11(5-7-13)9-15(19)17-10-12-2-1-3-14(8-12)18(20)21/h1-8H,9-10,16H2,(H,17,19). The van der Waals surface area contributed by atoms with E-state index >= 15 is 0 Å². The summed E-state index contributed by atoms with van der Waals surface area (Å²) in [5.74, 6) is -0.147. The molecule has 0 saturated heterocycles. The molecule has 0 bridgehead atoms. The SMILES string of the molecule is Nc1ccc(CC(=O)NCc2cccc([N+](=O)[O-])c2)cc1. The molecule has 0 unspecified atom stereocenters. The topological polar surface area (TPSA) is 98.3 Å². The van der Waals surface area contributed by atoms with Gasteiger partial charge in [-0.25, -0.2) is 0 Å². The zero-order valence-electron chi connectivity index (χ0n) is 11.3. The van der Waals surface area contributed by atoms with Crippen LogP contribution in [-0.4, -0.2) is 10.8 Å². The summed E-state index contributed by atoms with van der Waals surface area (Å²) in [6, 6.07) is 13.3. The number of carbonyl (C=O) groups excluding carboxylic acids is 1. The smallest absolute Gasteiger partial charge is 0.269 e. The predicted molar refractivity (Wildman–Crippen MR) is 79.5 cm³/mol. The number of hydrogen-bond acceptors (Lipinski definition) is 4. The van der Waals surface area contributed by atoms with Gasteiger partial charge in [0.25, 0.3) is 5.69 Å². The quantitative estimate of drug-likeness (QED) is 0.499. The van der Waals surface area contributed by atoms with Gasteiger partial charge < -0.3 is 11.1 Å². The van der Waals surface area contributed by atoms with Crippen LogP contribution in [0.1, 0.15) is 11.1 Å². The predicted octanol–water partition coefficient (Wildman–Crippen LogP) is 2.04. The molecule has 3 N–H and O–H groups in total. The normalized spacial score (nSPS) is 10.1. The minimum Gasteiger partial charge on any atom is -0.399 e. The molecule has 0 spiro atoms. The van der Waals surface area contributed by atoms with Gasteiger partial charge in [-0.05, 0) is 23.3 Å². The van der Waals surface area contributed by atoms with E-state index in [1.807, 2.05) is 0 Å². The number of hydrogen-bond donors (Lipinski definition) is 2. The van der Waals surface area contributed by atoms with Gasteiger partial charge in [0, 0.05) is 24.4 Å². The van der Waals surface area contributed by atoms with Crippen LogP contribution in [0.25, 0.3) is 0 Å². The first-order valence-electron chi connectivity index (χ1n) is 6.39. The van der Waals surface area contributed by atoms with E-state index < -0.39 is 4.92 Å². The Morgan fingerprint density at radius 2 is 1.86 bits per heavy atom. The Balaban J connectivity index is 1.90. The maximum Gasteiger partial charge on any atom is 0.269 e.